The molecule has 0 amide bonds. The van der Waals surface area contributed by atoms with Gasteiger partial charge in [-0.15, -0.1) is 0 Å². The fourth-order valence-corrected chi connectivity index (χ4v) is 3.30. The molecule has 0 aliphatic heterocycles. The number of hydrogen-bond acceptors (Lipinski definition) is 4. The van der Waals surface area contributed by atoms with Crippen LogP contribution in [0.25, 0.3) is 11.1 Å². The van der Waals surface area contributed by atoms with Gasteiger partial charge in [-0.25, -0.2) is 4.79 Å². The molecule has 0 saturated carbocycles. The molecule has 0 radical (unpaired) electrons. The van der Waals surface area contributed by atoms with E-state index < -0.39 is 3.98 Å². The van der Waals surface area contributed by atoms with Crippen LogP contribution >= 0.6 is 22.6 Å². The van der Waals surface area contributed by atoms with Crippen molar-refractivity contribution in [2.24, 2.45) is 5.16 Å². The van der Waals surface area contributed by atoms with Crippen LogP contribution in [0.5, 0.6) is 0 Å². The smallest absolute Gasteiger partial charge is 0.307 e. The maximum absolute atomic E-state index is 12.5. The van der Waals surface area contributed by atoms with Crippen molar-refractivity contribution in [3.63, 3.8) is 0 Å². The molecule has 2 aromatic rings. The van der Waals surface area contributed by atoms with Gasteiger partial charge in [0.15, 0.2) is 0 Å². The van der Waals surface area contributed by atoms with Crippen molar-refractivity contribution < 1.29 is 14.4 Å². The Labute approximate surface area is 154 Å². The van der Waals surface area contributed by atoms with E-state index in [9.17, 15) is 9.59 Å². The first kappa shape index (κ1) is 16.8. The molecule has 0 N–H and O–H groups in total. The highest BCUT2D eigenvalue weighted by Gasteiger charge is 2.35. The van der Waals surface area contributed by atoms with Gasteiger partial charge >= 0.3 is 3.98 Å². The number of fused-ring (bicyclic) bond motifs is 3. The zero-order chi connectivity index (χ0) is 17.5. The van der Waals surface area contributed by atoms with Crippen molar-refractivity contribution in [3.05, 3.63) is 59.2 Å². The van der Waals surface area contributed by atoms with Gasteiger partial charge < -0.3 is 4.84 Å². The largest absolute Gasteiger partial charge is 0.393 e. The minimum Gasteiger partial charge on any atom is -0.307 e. The van der Waals surface area contributed by atoms with Crippen LogP contribution in [0, 0.1) is 0 Å². The van der Waals surface area contributed by atoms with Crippen molar-refractivity contribution in [1.29, 1.82) is 0 Å². The molecule has 5 heteroatoms. The first-order valence-electron chi connectivity index (χ1n) is 7.52. The lowest BCUT2D eigenvalue weighted by atomic mass is 9.81. The third kappa shape index (κ3) is 2.77. The van der Waals surface area contributed by atoms with Crippen molar-refractivity contribution in [2.45, 2.75) is 26.2 Å². The van der Waals surface area contributed by atoms with Crippen LogP contribution in [0.4, 0.5) is 4.79 Å². The van der Waals surface area contributed by atoms with E-state index in [2.05, 4.69) is 36.0 Å². The minimum atomic E-state index is -0.578. The van der Waals surface area contributed by atoms with E-state index in [1.807, 2.05) is 24.3 Å². The van der Waals surface area contributed by atoms with E-state index in [-0.39, 0.29) is 16.9 Å². The maximum Gasteiger partial charge on any atom is 0.393 e. The summed E-state index contributed by atoms with van der Waals surface area (Å²) in [6.07, 6.45) is 0. The Bertz CT molecular complexity index is 884. The van der Waals surface area contributed by atoms with Gasteiger partial charge in [0.1, 0.15) is 5.71 Å². The predicted octanol–water partition coefficient (Wildman–Crippen LogP) is 5.12. The lowest BCUT2D eigenvalue weighted by molar-refractivity contribution is 0.106. The fraction of sp³-hybridized carbons (Fsp3) is 0.211. The van der Waals surface area contributed by atoms with Crippen LogP contribution in [-0.4, -0.2) is 15.5 Å². The SMILES string of the molecule is C/C(=N\OC(=O)I)C(=O)c1ccc2c(c1)C(C)(C)c1ccccc1-2. The molecular weight excluding hydrogens is 417 g/mol. The Hall–Kier alpha value is -2.02. The quantitative estimate of drug-likeness (QED) is 0.169. The number of oxime groups is 1. The molecule has 0 spiro atoms. The number of ketones is 1. The van der Waals surface area contributed by atoms with Crippen LogP contribution < -0.4 is 0 Å². The van der Waals surface area contributed by atoms with Crippen molar-refractivity contribution in [3.8, 4) is 11.1 Å². The average molecular weight is 433 g/mol. The van der Waals surface area contributed by atoms with Gasteiger partial charge in [-0.05, 0) is 35.2 Å². The van der Waals surface area contributed by atoms with E-state index in [0.717, 1.165) is 11.1 Å². The average Bonchev–Trinajstić information content (AvgIpc) is 2.80. The molecule has 0 unspecified atom stereocenters. The normalized spacial score (nSPS) is 14.8. The van der Waals surface area contributed by atoms with E-state index in [4.69, 9.17) is 0 Å². The van der Waals surface area contributed by atoms with Gasteiger partial charge in [-0.2, -0.15) is 0 Å². The lowest BCUT2D eigenvalue weighted by Crippen LogP contribution is -2.17. The predicted molar refractivity (Wildman–Crippen MR) is 102 cm³/mol. The van der Waals surface area contributed by atoms with Crippen molar-refractivity contribution in [2.75, 3.05) is 0 Å². The van der Waals surface area contributed by atoms with Gasteiger partial charge in [-0.1, -0.05) is 55.4 Å². The second kappa shape index (κ2) is 6.12. The molecule has 0 bridgehead atoms. The van der Waals surface area contributed by atoms with E-state index >= 15 is 0 Å². The van der Waals surface area contributed by atoms with Crippen molar-refractivity contribution >= 4 is 38.1 Å². The van der Waals surface area contributed by atoms with Crippen molar-refractivity contribution in [1.82, 2.24) is 0 Å². The topological polar surface area (TPSA) is 55.7 Å². The Morgan fingerprint density at radius 3 is 2.42 bits per heavy atom. The summed E-state index contributed by atoms with van der Waals surface area (Å²) >= 11 is 1.46. The van der Waals surface area contributed by atoms with Gasteiger partial charge in [0.05, 0.1) is 22.6 Å². The number of hydrogen-bond donors (Lipinski definition) is 0. The van der Waals surface area contributed by atoms with Crippen LogP contribution in [-0.2, 0) is 10.3 Å². The highest BCUT2D eigenvalue weighted by molar-refractivity contribution is 14.1. The molecule has 0 fully saturated rings. The van der Waals surface area contributed by atoms with Crippen LogP contribution in [0.3, 0.4) is 0 Å². The van der Waals surface area contributed by atoms with Gasteiger partial charge in [-0.3, -0.25) is 4.79 Å². The zero-order valence-corrected chi connectivity index (χ0v) is 15.7. The van der Waals surface area contributed by atoms with E-state index in [0.29, 0.717) is 5.56 Å². The molecule has 1 aliphatic rings. The third-order valence-electron chi connectivity index (χ3n) is 4.43. The van der Waals surface area contributed by atoms with Crippen LogP contribution in [0.15, 0.2) is 47.6 Å². The highest BCUT2D eigenvalue weighted by Crippen LogP contribution is 2.48. The zero-order valence-electron chi connectivity index (χ0n) is 13.6. The maximum atomic E-state index is 12.5. The molecule has 24 heavy (non-hydrogen) atoms. The monoisotopic (exact) mass is 433 g/mol. The van der Waals surface area contributed by atoms with Gasteiger partial charge in [0.25, 0.3) is 0 Å². The summed E-state index contributed by atoms with van der Waals surface area (Å²) < 4.78 is -0.578. The van der Waals surface area contributed by atoms with E-state index in [1.54, 1.807) is 6.07 Å². The number of rotatable bonds is 3. The molecule has 0 atom stereocenters. The molecule has 2 aromatic carbocycles. The second-order valence-electron chi connectivity index (χ2n) is 6.27. The minimum absolute atomic E-state index is 0.147. The van der Waals surface area contributed by atoms with E-state index in [1.165, 1.54) is 40.6 Å². The fourth-order valence-electron chi connectivity index (χ4n) is 3.20. The molecule has 122 valence electrons. The first-order chi connectivity index (χ1) is 11.3. The number of nitrogens with zero attached hydrogens (tertiary/aromatic N) is 1. The summed E-state index contributed by atoms with van der Waals surface area (Å²) in [4.78, 5) is 27.9. The Kier molecular flexibility index (Phi) is 4.29. The highest BCUT2D eigenvalue weighted by atomic mass is 127. The standard InChI is InChI=1S/C19H16INO3/c1-11(21-24-18(20)23)17(22)12-8-9-14-13-6-4-5-7-15(13)19(2,3)16(14)10-12/h4-10H,1-3H3/b21-11+. The second-order valence-corrected chi connectivity index (χ2v) is 7.15. The molecule has 0 saturated heterocycles. The summed E-state index contributed by atoms with van der Waals surface area (Å²) in [5.74, 6) is -0.248. The third-order valence-corrected chi connectivity index (χ3v) is 4.63. The summed E-state index contributed by atoms with van der Waals surface area (Å²) in [5.41, 5.74) is 5.26. The summed E-state index contributed by atoms with van der Waals surface area (Å²) in [7, 11) is 0. The van der Waals surface area contributed by atoms with Gasteiger partial charge in [0.2, 0.25) is 5.78 Å². The van der Waals surface area contributed by atoms with Crippen LogP contribution in [0.1, 0.15) is 42.3 Å². The lowest BCUT2D eigenvalue weighted by Gasteiger charge is -2.21. The van der Waals surface area contributed by atoms with Crippen LogP contribution in [0.2, 0.25) is 0 Å². The number of benzene rings is 2. The number of carbonyl (C=O) groups excluding carboxylic acids is 2. The molecule has 0 heterocycles. The molecule has 4 nitrogen and oxygen atoms in total. The van der Waals surface area contributed by atoms with Gasteiger partial charge in [0, 0.05) is 11.0 Å². The molecular formula is C19H16INO3. The Balaban J connectivity index is 2.02. The first-order valence-corrected chi connectivity index (χ1v) is 8.60. The number of Topliss-reactive ketones (excluding diaryl/α,β-unsaturated/α-hetero) is 1. The summed E-state index contributed by atoms with van der Waals surface area (Å²) in [6.45, 7) is 5.85. The summed E-state index contributed by atoms with van der Waals surface area (Å²) in [6, 6.07) is 14.0. The number of halogens is 1. The molecule has 0 aromatic heterocycles. The molecule has 3 rings (SSSR count). The number of carbonyl (C=O) groups is 2. The Morgan fingerprint density at radius 1 is 1.04 bits per heavy atom. The molecule has 1 aliphatic carbocycles. The summed E-state index contributed by atoms with van der Waals surface area (Å²) in [5, 5.41) is 3.58. The Morgan fingerprint density at radius 2 is 1.71 bits per heavy atom.